The van der Waals surface area contributed by atoms with E-state index in [1.165, 1.54) is 0 Å². The van der Waals surface area contributed by atoms with Gasteiger partial charge in [-0.2, -0.15) is 0 Å². The van der Waals surface area contributed by atoms with Gasteiger partial charge in [-0.05, 0) is 13.0 Å². The summed E-state index contributed by atoms with van der Waals surface area (Å²) in [5.41, 5.74) is 0.997. The predicted molar refractivity (Wildman–Crippen MR) is 88.1 cm³/mol. The first-order valence-corrected chi connectivity index (χ1v) is 9.62. The molecule has 1 aliphatic heterocycles. The first-order chi connectivity index (χ1) is 10.8. The molecule has 124 valence electrons. The molecule has 1 fully saturated rings. The molecule has 3 rings (SSSR count). The number of rotatable bonds is 3. The Morgan fingerprint density at radius 3 is 2.83 bits per heavy atom. The number of para-hydroxylation sites is 1. The number of nitrogens with zero attached hydrogens (tertiary/aromatic N) is 1. The van der Waals surface area contributed by atoms with Gasteiger partial charge in [-0.15, -0.1) is 0 Å². The number of amides is 1. The summed E-state index contributed by atoms with van der Waals surface area (Å²) in [6, 6.07) is 7.35. The number of benzene rings is 1. The largest absolute Gasteiger partial charge is 0.451 e. The van der Waals surface area contributed by atoms with Crippen molar-refractivity contribution in [1.82, 2.24) is 10.2 Å². The van der Waals surface area contributed by atoms with E-state index in [4.69, 9.17) is 4.42 Å². The summed E-state index contributed by atoms with van der Waals surface area (Å²) in [5, 5.41) is 3.96. The zero-order chi connectivity index (χ0) is 16.6. The van der Waals surface area contributed by atoms with E-state index in [0.717, 1.165) is 6.26 Å². The van der Waals surface area contributed by atoms with Gasteiger partial charge in [0.1, 0.15) is 5.58 Å². The Morgan fingerprint density at radius 2 is 2.13 bits per heavy atom. The second kappa shape index (κ2) is 5.98. The van der Waals surface area contributed by atoms with Crippen LogP contribution in [0, 0.1) is 0 Å². The van der Waals surface area contributed by atoms with Crippen molar-refractivity contribution in [2.75, 3.05) is 25.9 Å². The SMILES string of the molecule is CC1CN(C(=O)c2oc3ccccc3c2CS(C)(=O)=O)CCN1. The number of carbonyl (C=O) groups excluding carboxylic acids is 1. The van der Waals surface area contributed by atoms with Crippen LogP contribution in [0.2, 0.25) is 0 Å². The number of nitrogens with one attached hydrogen (secondary N) is 1. The topological polar surface area (TPSA) is 79.6 Å². The van der Waals surface area contributed by atoms with Crippen LogP contribution in [0.1, 0.15) is 23.0 Å². The van der Waals surface area contributed by atoms with Crippen molar-refractivity contribution in [2.24, 2.45) is 0 Å². The number of furan rings is 1. The van der Waals surface area contributed by atoms with E-state index in [0.29, 0.717) is 36.2 Å². The average Bonchev–Trinajstić information content (AvgIpc) is 2.83. The van der Waals surface area contributed by atoms with Crippen molar-refractivity contribution in [2.45, 2.75) is 18.7 Å². The Hall–Kier alpha value is -1.86. The lowest BCUT2D eigenvalue weighted by atomic mass is 10.1. The second-order valence-electron chi connectivity index (χ2n) is 6.08. The number of hydrogen-bond acceptors (Lipinski definition) is 5. The monoisotopic (exact) mass is 336 g/mol. The molecule has 1 aromatic carbocycles. The number of hydrogen-bond donors (Lipinski definition) is 1. The molecule has 1 aliphatic rings. The van der Waals surface area contributed by atoms with E-state index >= 15 is 0 Å². The Balaban J connectivity index is 2.05. The molecule has 1 amide bonds. The normalized spacial score (nSPS) is 19.2. The minimum Gasteiger partial charge on any atom is -0.451 e. The van der Waals surface area contributed by atoms with Gasteiger partial charge in [0.25, 0.3) is 5.91 Å². The van der Waals surface area contributed by atoms with Gasteiger partial charge in [-0.1, -0.05) is 18.2 Å². The molecule has 1 unspecified atom stereocenters. The fraction of sp³-hybridized carbons (Fsp3) is 0.438. The summed E-state index contributed by atoms with van der Waals surface area (Å²) in [7, 11) is -3.28. The highest BCUT2D eigenvalue weighted by molar-refractivity contribution is 7.89. The maximum absolute atomic E-state index is 12.8. The number of sulfone groups is 1. The Labute approximate surface area is 135 Å². The molecule has 0 saturated carbocycles. The molecule has 0 spiro atoms. The van der Waals surface area contributed by atoms with Crippen molar-refractivity contribution < 1.29 is 17.6 Å². The summed E-state index contributed by atoms with van der Waals surface area (Å²) < 4.78 is 29.3. The van der Waals surface area contributed by atoms with Crippen LogP contribution < -0.4 is 5.32 Å². The van der Waals surface area contributed by atoms with Crippen LogP contribution in [0.25, 0.3) is 11.0 Å². The van der Waals surface area contributed by atoms with E-state index < -0.39 is 9.84 Å². The van der Waals surface area contributed by atoms with Crippen molar-refractivity contribution in [3.05, 3.63) is 35.6 Å². The number of fused-ring (bicyclic) bond motifs is 1. The summed E-state index contributed by atoms with van der Waals surface area (Å²) in [5.74, 6) is -0.300. The third-order valence-corrected chi connectivity index (χ3v) is 4.77. The Kier molecular flexibility index (Phi) is 4.16. The molecule has 0 bridgehead atoms. The van der Waals surface area contributed by atoms with Crippen molar-refractivity contribution in [3.63, 3.8) is 0 Å². The molecule has 1 aromatic heterocycles. The van der Waals surface area contributed by atoms with Gasteiger partial charge in [0.15, 0.2) is 15.6 Å². The standard InChI is InChI=1S/C16H20N2O4S/c1-11-9-18(8-7-17-11)16(19)15-13(10-23(2,20)21)12-5-3-4-6-14(12)22-15/h3-6,11,17H,7-10H2,1-2H3. The minimum atomic E-state index is -3.28. The highest BCUT2D eigenvalue weighted by Crippen LogP contribution is 2.28. The zero-order valence-corrected chi connectivity index (χ0v) is 14.0. The number of piperazine rings is 1. The maximum Gasteiger partial charge on any atom is 0.290 e. The van der Waals surface area contributed by atoms with Gasteiger partial charge in [-0.25, -0.2) is 8.42 Å². The maximum atomic E-state index is 12.8. The van der Waals surface area contributed by atoms with Gasteiger partial charge < -0.3 is 14.6 Å². The van der Waals surface area contributed by atoms with Crippen molar-refractivity contribution >= 4 is 26.7 Å². The van der Waals surface area contributed by atoms with Gasteiger partial charge in [0, 0.05) is 42.9 Å². The zero-order valence-electron chi connectivity index (χ0n) is 13.2. The number of carbonyl (C=O) groups is 1. The van der Waals surface area contributed by atoms with E-state index in [1.807, 2.05) is 13.0 Å². The Bertz CT molecular complexity index is 841. The summed E-state index contributed by atoms with van der Waals surface area (Å²) in [6.07, 6.45) is 1.16. The lowest BCUT2D eigenvalue weighted by molar-refractivity contribution is 0.0678. The van der Waals surface area contributed by atoms with E-state index in [2.05, 4.69) is 5.32 Å². The Morgan fingerprint density at radius 1 is 1.39 bits per heavy atom. The fourth-order valence-electron chi connectivity index (χ4n) is 2.94. The third-order valence-electron chi connectivity index (χ3n) is 3.96. The minimum absolute atomic E-state index is 0.144. The summed E-state index contributed by atoms with van der Waals surface area (Å²) >= 11 is 0. The molecule has 2 aromatic rings. The molecule has 6 nitrogen and oxygen atoms in total. The van der Waals surface area contributed by atoms with Crippen LogP contribution in [0.3, 0.4) is 0 Å². The van der Waals surface area contributed by atoms with Crippen LogP contribution in [-0.4, -0.2) is 51.2 Å². The van der Waals surface area contributed by atoms with Crippen LogP contribution in [-0.2, 0) is 15.6 Å². The highest BCUT2D eigenvalue weighted by atomic mass is 32.2. The van der Waals surface area contributed by atoms with Crippen molar-refractivity contribution in [3.8, 4) is 0 Å². The molecule has 1 atom stereocenters. The molecule has 1 saturated heterocycles. The van der Waals surface area contributed by atoms with E-state index in [-0.39, 0.29) is 23.5 Å². The molecule has 2 heterocycles. The molecule has 7 heteroatoms. The lowest BCUT2D eigenvalue weighted by Gasteiger charge is -2.31. The van der Waals surface area contributed by atoms with Gasteiger partial charge in [0.05, 0.1) is 5.75 Å². The quantitative estimate of drug-likeness (QED) is 0.917. The lowest BCUT2D eigenvalue weighted by Crippen LogP contribution is -2.51. The molecule has 0 radical (unpaired) electrons. The fourth-order valence-corrected chi connectivity index (χ4v) is 3.75. The third kappa shape index (κ3) is 3.40. The molecule has 23 heavy (non-hydrogen) atoms. The van der Waals surface area contributed by atoms with Crippen LogP contribution in [0.5, 0.6) is 0 Å². The van der Waals surface area contributed by atoms with Crippen LogP contribution in [0.15, 0.2) is 28.7 Å². The van der Waals surface area contributed by atoms with Crippen LogP contribution in [0.4, 0.5) is 0 Å². The van der Waals surface area contributed by atoms with Gasteiger partial charge in [-0.3, -0.25) is 4.79 Å². The van der Waals surface area contributed by atoms with Crippen molar-refractivity contribution in [1.29, 1.82) is 0 Å². The second-order valence-corrected chi connectivity index (χ2v) is 8.22. The first-order valence-electron chi connectivity index (χ1n) is 7.56. The summed E-state index contributed by atoms with van der Waals surface area (Å²) in [6.45, 7) is 3.89. The van der Waals surface area contributed by atoms with Crippen LogP contribution >= 0.6 is 0 Å². The van der Waals surface area contributed by atoms with Gasteiger partial charge >= 0.3 is 0 Å². The molecule has 1 N–H and O–H groups in total. The van der Waals surface area contributed by atoms with E-state index in [9.17, 15) is 13.2 Å². The van der Waals surface area contributed by atoms with E-state index in [1.54, 1.807) is 23.1 Å². The molecule has 0 aliphatic carbocycles. The summed E-state index contributed by atoms with van der Waals surface area (Å²) in [4.78, 5) is 14.5. The smallest absolute Gasteiger partial charge is 0.290 e. The van der Waals surface area contributed by atoms with Gasteiger partial charge in [0.2, 0.25) is 0 Å². The first kappa shape index (κ1) is 16.0. The predicted octanol–water partition coefficient (Wildman–Crippen LogP) is 1.41. The highest BCUT2D eigenvalue weighted by Gasteiger charge is 2.29. The molecular weight excluding hydrogens is 316 g/mol. The average molecular weight is 336 g/mol. The molecular formula is C16H20N2O4S.